The summed E-state index contributed by atoms with van der Waals surface area (Å²) in [6.07, 6.45) is 1.50. The number of hydrogen-bond acceptors (Lipinski definition) is 4. The van der Waals surface area contributed by atoms with E-state index in [0.29, 0.717) is 22.3 Å². The van der Waals surface area contributed by atoms with Gasteiger partial charge in [0, 0.05) is 16.9 Å². The van der Waals surface area contributed by atoms with Gasteiger partial charge in [0.1, 0.15) is 17.1 Å². The Balaban J connectivity index is 2.30. The number of anilines is 2. The third kappa shape index (κ3) is 2.95. The minimum absolute atomic E-state index is 0.270. The van der Waals surface area contributed by atoms with Gasteiger partial charge >= 0.3 is 0 Å². The van der Waals surface area contributed by atoms with Crippen molar-refractivity contribution in [2.24, 2.45) is 0 Å². The molecular weight excluding hydrogens is 266 g/mol. The van der Waals surface area contributed by atoms with Gasteiger partial charge in [0.05, 0.1) is 7.11 Å². The number of pyridine rings is 1. The molecule has 19 heavy (non-hydrogen) atoms. The molecule has 0 bridgehead atoms. The van der Waals surface area contributed by atoms with Gasteiger partial charge in [-0.2, -0.15) is 0 Å². The lowest BCUT2D eigenvalue weighted by molar-refractivity contribution is 0.102. The highest BCUT2D eigenvalue weighted by atomic mass is 35.5. The van der Waals surface area contributed by atoms with Crippen LogP contribution < -0.4 is 15.8 Å². The van der Waals surface area contributed by atoms with Crippen LogP contribution in [-0.4, -0.2) is 18.0 Å². The van der Waals surface area contributed by atoms with Gasteiger partial charge in [-0.25, -0.2) is 4.98 Å². The number of ether oxygens (including phenoxy) is 1. The van der Waals surface area contributed by atoms with Crippen LogP contribution in [0.4, 0.5) is 11.5 Å². The van der Waals surface area contributed by atoms with Gasteiger partial charge in [0.2, 0.25) is 0 Å². The van der Waals surface area contributed by atoms with E-state index in [-0.39, 0.29) is 5.56 Å². The van der Waals surface area contributed by atoms with E-state index in [9.17, 15) is 4.79 Å². The number of carbonyl (C=O) groups excluding carboxylic acids is 1. The van der Waals surface area contributed by atoms with Gasteiger partial charge < -0.3 is 15.8 Å². The van der Waals surface area contributed by atoms with Gasteiger partial charge in [0.15, 0.2) is 0 Å². The molecule has 2 rings (SSSR count). The fourth-order valence-corrected chi connectivity index (χ4v) is 1.77. The second-order valence-corrected chi connectivity index (χ2v) is 4.17. The molecule has 6 heteroatoms. The number of halogens is 1. The number of methoxy groups -OCH3 is 1. The lowest BCUT2D eigenvalue weighted by atomic mass is 10.1. The van der Waals surface area contributed by atoms with Crippen LogP contribution in [0.1, 0.15) is 10.4 Å². The van der Waals surface area contributed by atoms with Crippen molar-refractivity contribution < 1.29 is 9.53 Å². The van der Waals surface area contributed by atoms with E-state index in [1.807, 2.05) is 0 Å². The fourth-order valence-electron chi connectivity index (χ4n) is 1.61. The number of hydrogen-bond donors (Lipinski definition) is 2. The first-order valence-corrected chi connectivity index (χ1v) is 5.85. The number of carbonyl (C=O) groups is 1. The van der Waals surface area contributed by atoms with Gasteiger partial charge in [-0.15, -0.1) is 0 Å². The standard InChI is InChI=1S/C13H12ClN3O2/c1-19-10-4-2-3-9(15)12(10)13(18)17-11-7-8(14)5-6-16-11/h2-7H,15H2,1H3,(H,16,17,18). The molecule has 1 amide bonds. The third-order valence-corrected chi connectivity index (χ3v) is 2.70. The van der Waals surface area contributed by atoms with E-state index in [1.165, 1.54) is 13.3 Å². The lowest BCUT2D eigenvalue weighted by Gasteiger charge is -2.11. The molecule has 0 atom stereocenters. The largest absolute Gasteiger partial charge is 0.496 e. The molecule has 98 valence electrons. The Bertz CT molecular complexity index is 617. The molecule has 0 fully saturated rings. The van der Waals surface area contributed by atoms with E-state index < -0.39 is 5.91 Å². The average molecular weight is 278 g/mol. The fraction of sp³-hybridized carbons (Fsp3) is 0.0769. The molecule has 0 aliphatic heterocycles. The summed E-state index contributed by atoms with van der Waals surface area (Å²) >= 11 is 5.82. The Morgan fingerprint density at radius 2 is 2.21 bits per heavy atom. The van der Waals surface area contributed by atoms with Gasteiger partial charge in [-0.3, -0.25) is 4.79 Å². The predicted molar refractivity (Wildman–Crippen MR) is 74.6 cm³/mol. The third-order valence-electron chi connectivity index (χ3n) is 2.47. The Hall–Kier alpha value is -2.27. The molecule has 2 aromatic rings. The van der Waals surface area contributed by atoms with E-state index in [0.717, 1.165) is 0 Å². The lowest BCUT2D eigenvalue weighted by Crippen LogP contribution is -2.16. The highest BCUT2D eigenvalue weighted by Crippen LogP contribution is 2.25. The van der Waals surface area contributed by atoms with Crippen LogP contribution in [0.3, 0.4) is 0 Å². The van der Waals surface area contributed by atoms with Crippen molar-refractivity contribution in [3.05, 3.63) is 47.1 Å². The first-order valence-electron chi connectivity index (χ1n) is 5.47. The summed E-state index contributed by atoms with van der Waals surface area (Å²) in [6, 6.07) is 8.17. The smallest absolute Gasteiger partial charge is 0.262 e. The summed E-state index contributed by atoms with van der Waals surface area (Å²) in [5, 5.41) is 3.10. The highest BCUT2D eigenvalue weighted by Gasteiger charge is 2.16. The van der Waals surface area contributed by atoms with Crippen LogP contribution in [0.25, 0.3) is 0 Å². The van der Waals surface area contributed by atoms with Crippen LogP contribution in [0.2, 0.25) is 5.02 Å². The van der Waals surface area contributed by atoms with Crippen molar-refractivity contribution in [2.45, 2.75) is 0 Å². The Labute approximate surface area is 115 Å². The summed E-state index contributed by atoms with van der Waals surface area (Å²) in [5.41, 5.74) is 6.40. The van der Waals surface area contributed by atoms with Gasteiger partial charge in [0.25, 0.3) is 5.91 Å². The van der Waals surface area contributed by atoms with Crippen LogP contribution >= 0.6 is 11.6 Å². The Kier molecular flexibility index (Phi) is 3.87. The molecule has 0 aliphatic carbocycles. The summed E-state index contributed by atoms with van der Waals surface area (Å²) < 4.78 is 5.12. The quantitative estimate of drug-likeness (QED) is 0.846. The molecule has 5 nitrogen and oxygen atoms in total. The highest BCUT2D eigenvalue weighted by molar-refractivity contribution is 6.30. The number of nitrogens with zero attached hydrogens (tertiary/aromatic N) is 1. The van der Waals surface area contributed by atoms with Crippen molar-refractivity contribution in [3.63, 3.8) is 0 Å². The summed E-state index contributed by atoms with van der Waals surface area (Å²) in [7, 11) is 1.48. The summed E-state index contributed by atoms with van der Waals surface area (Å²) in [4.78, 5) is 16.2. The number of nitrogen functional groups attached to an aromatic ring is 1. The number of rotatable bonds is 3. The van der Waals surface area contributed by atoms with E-state index in [2.05, 4.69) is 10.3 Å². The molecule has 0 saturated heterocycles. The van der Waals surface area contributed by atoms with E-state index in [4.69, 9.17) is 22.1 Å². The Morgan fingerprint density at radius 3 is 2.89 bits per heavy atom. The maximum absolute atomic E-state index is 12.2. The van der Waals surface area contributed by atoms with Crippen molar-refractivity contribution in [1.29, 1.82) is 0 Å². The number of benzene rings is 1. The van der Waals surface area contributed by atoms with E-state index in [1.54, 1.807) is 30.3 Å². The average Bonchev–Trinajstić information content (AvgIpc) is 2.38. The molecule has 0 radical (unpaired) electrons. The van der Waals surface area contributed by atoms with Gasteiger partial charge in [-0.05, 0) is 24.3 Å². The van der Waals surface area contributed by atoms with Crippen LogP contribution in [-0.2, 0) is 0 Å². The SMILES string of the molecule is COc1cccc(N)c1C(=O)Nc1cc(Cl)ccn1. The van der Waals surface area contributed by atoms with Crippen molar-refractivity contribution in [3.8, 4) is 5.75 Å². The zero-order valence-electron chi connectivity index (χ0n) is 10.2. The number of aromatic nitrogens is 1. The molecule has 0 spiro atoms. The van der Waals surface area contributed by atoms with Crippen LogP contribution in [0.15, 0.2) is 36.5 Å². The minimum Gasteiger partial charge on any atom is -0.496 e. The molecule has 0 saturated carbocycles. The first-order chi connectivity index (χ1) is 9.11. The van der Waals surface area contributed by atoms with Gasteiger partial charge in [-0.1, -0.05) is 17.7 Å². The molecule has 1 aromatic heterocycles. The van der Waals surface area contributed by atoms with Crippen molar-refractivity contribution in [2.75, 3.05) is 18.2 Å². The second-order valence-electron chi connectivity index (χ2n) is 3.74. The first kappa shape index (κ1) is 13.2. The Morgan fingerprint density at radius 1 is 1.42 bits per heavy atom. The van der Waals surface area contributed by atoms with Crippen molar-refractivity contribution >= 4 is 29.0 Å². The normalized spacial score (nSPS) is 10.0. The summed E-state index contributed by atoms with van der Waals surface area (Å²) in [6.45, 7) is 0. The zero-order chi connectivity index (χ0) is 13.8. The minimum atomic E-state index is -0.398. The number of nitrogens with one attached hydrogen (secondary N) is 1. The number of nitrogens with two attached hydrogens (primary N) is 1. The summed E-state index contributed by atoms with van der Waals surface area (Å²) in [5.74, 6) is 0.354. The molecule has 1 heterocycles. The van der Waals surface area contributed by atoms with Crippen molar-refractivity contribution in [1.82, 2.24) is 4.98 Å². The van der Waals surface area contributed by atoms with Crippen LogP contribution in [0, 0.1) is 0 Å². The van der Waals surface area contributed by atoms with E-state index >= 15 is 0 Å². The maximum Gasteiger partial charge on any atom is 0.262 e. The topological polar surface area (TPSA) is 77.2 Å². The molecule has 0 aliphatic rings. The monoisotopic (exact) mass is 277 g/mol. The second kappa shape index (κ2) is 5.58. The van der Waals surface area contributed by atoms with Crippen LogP contribution in [0.5, 0.6) is 5.75 Å². The molecule has 1 aromatic carbocycles. The molecule has 0 unspecified atom stereocenters. The predicted octanol–water partition coefficient (Wildman–Crippen LogP) is 2.58. The zero-order valence-corrected chi connectivity index (χ0v) is 10.9. The number of amides is 1. The maximum atomic E-state index is 12.2. The molecular formula is C13H12ClN3O2. The molecule has 3 N–H and O–H groups in total.